The van der Waals surface area contributed by atoms with Crippen molar-refractivity contribution in [3.8, 4) is 0 Å². The number of halogens is 3. The van der Waals surface area contributed by atoms with Gasteiger partial charge < -0.3 is 10.1 Å². The van der Waals surface area contributed by atoms with Crippen LogP contribution in [0.3, 0.4) is 0 Å². The Morgan fingerprint density at radius 1 is 1.42 bits per heavy atom. The monoisotopic (exact) mass is 371 g/mol. The molecule has 10 heteroatoms. The van der Waals surface area contributed by atoms with Gasteiger partial charge in [-0.25, -0.2) is 0 Å². The van der Waals surface area contributed by atoms with Gasteiger partial charge in [0, 0.05) is 31.8 Å². The highest BCUT2D eigenvalue weighted by molar-refractivity contribution is 5.92. The van der Waals surface area contributed by atoms with Gasteiger partial charge in [0.25, 0.3) is 0 Å². The third-order valence-electron chi connectivity index (χ3n) is 4.40. The standard InChI is InChI=1S/C16H20F3N5O2/c1-10(24-6-5-13(22-24)16(17,18)19)15(25)20-14-8-12(21-23(14)2)11-4-3-7-26-9-11/h5-6,8,10-11H,3-4,7,9H2,1-2H3,(H,20,25). The van der Waals surface area contributed by atoms with Crippen molar-refractivity contribution in [2.24, 2.45) is 7.05 Å². The van der Waals surface area contributed by atoms with Gasteiger partial charge in [0.1, 0.15) is 11.9 Å². The number of nitrogens with zero attached hydrogens (tertiary/aromatic N) is 4. The fourth-order valence-electron chi connectivity index (χ4n) is 2.84. The Kier molecular flexibility index (Phi) is 5.03. The molecule has 0 aromatic carbocycles. The van der Waals surface area contributed by atoms with Gasteiger partial charge in [-0.1, -0.05) is 0 Å². The van der Waals surface area contributed by atoms with E-state index in [0.717, 1.165) is 42.1 Å². The van der Waals surface area contributed by atoms with Crippen molar-refractivity contribution in [2.75, 3.05) is 18.5 Å². The molecule has 1 amide bonds. The van der Waals surface area contributed by atoms with E-state index in [1.807, 2.05) is 0 Å². The quantitative estimate of drug-likeness (QED) is 0.897. The van der Waals surface area contributed by atoms with E-state index in [0.29, 0.717) is 12.4 Å². The molecule has 0 aliphatic carbocycles. The fourth-order valence-corrected chi connectivity index (χ4v) is 2.84. The molecule has 1 fully saturated rings. The zero-order valence-electron chi connectivity index (χ0n) is 14.5. The summed E-state index contributed by atoms with van der Waals surface area (Å²) in [7, 11) is 1.70. The van der Waals surface area contributed by atoms with Crippen LogP contribution in [0.2, 0.25) is 0 Å². The third-order valence-corrected chi connectivity index (χ3v) is 4.40. The van der Waals surface area contributed by atoms with Gasteiger partial charge in [0.2, 0.25) is 5.91 Å². The van der Waals surface area contributed by atoms with Crippen LogP contribution in [-0.4, -0.2) is 38.7 Å². The molecule has 0 radical (unpaired) electrons. The third kappa shape index (κ3) is 3.90. The highest BCUT2D eigenvalue weighted by Gasteiger charge is 2.34. The predicted molar refractivity (Wildman–Crippen MR) is 86.6 cm³/mol. The first-order valence-electron chi connectivity index (χ1n) is 8.30. The van der Waals surface area contributed by atoms with Crippen LogP contribution in [-0.2, 0) is 22.8 Å². The summed E-state index contributed by atoms with van der Waals surface area (Å²) in [6.45, 7) is 2.82. The van der Waals surface area contributed by atoms with Crippen molar-refractivity contribution in [3.63, 3.8) is 0 Å². The lowest BCUT2D eigenvalue weighted by Gasteiger charge is -2.19. The molecule has 2 aromatic heterocycles. The number of alkyl halides is 3. The summed E-state index contributed by atoms with van der Waals surface area (Å²) < 4.78 is 45.9. The molecular weight excluding hydrogens is 351 g/mol. The van der Waals surface area contributed by atoms with E-state index in [9.17, 15) is 18.0 Å². The number of hydrogen-bond donors (Lipinski definition) is 1. The van der Waals surface area contributed by atoms with Crippen LogP contribution in [0.5, 0.6) is 0 Å². The lowest BCUT2D eigenvalue weighted by Crippen LogP contribution is -2.25. The second-order valence-corrected chi connectivity index (χ2v) is 6.34. The van der Waals surface area contributed by atoms with Gasteiger partial charge in [0.15, 0.2) is 5.69 Å². The Bertz CT molecular complexity index is 777. The smallest absolute Gasteiger partial charge is 0.381 e. The number of ether oxygens (including phenoxy) is 1. The Hall–Kier alpha value is -2.36. The van der Waals surface area contributed by atoms with Crippen LogP contribution in [0.15, 0.2) is 18.3 Å². The summed E-state index contributed by atoms with van der Waals surface area (Å²) >= 11 is 0. The van der Waals surface area contributed by atoms with Crippen molar-refractivity contribution in [3.05, 3.63) is 29.7 Å². The Morgan fingerprint density at radius 3 is 2.81 bits per heavy atom. The van der Waals surface area contributed by atoms with Gasteiger partial charge in [0.05, 0.1) is 12.3 Å². The lowest BCUT2D eigenvalue weighted by atomic mass is 9.99. The van der Waals surface area contributed by atoms with E-state index in [-0.39, 0.29) is 5.92 Å². The number of carbonyl (C=O) groups excluding carboxylic acids is 1. The van der Waals surface area contributed by atoms with Crippen molar-refractivity contribution < 1.29 is 22.7 Å². The minimum absolute atomic E-state index is 0.179. The fraction of sp³-hybridized carbons (Fsp3) is 0.562. The number of rotatable bonds is 4. The summed E-state index contributed by atoms with van der Waals surface area (Å²) in [5.74, 6) is 0.181. The Morgan fingerprint density at radius 2 is 2.19 bits per heavy atom. The normalized spacial score (nSPS) is 19.3. The van der Waals surface area contributed by atoms with Crippen molar-refractivity contribution in [1.29, 1.82) is 0 Å². The van der Waals surface area contributed by atoms with E-state index < -0.39 is 23.8 Å². The van der Waals surface area contributed by atoms with E-state index in [1.54, 1.807) is 17.8 Å². The first kappa shape index (κ1) is 18.4. The lowest BCUT2D eigenvalue weighted by molar-refractivity contribution is -0.141. The summed E-state index contributed by atoms with van der Waals surface area (Å²) in [5, 5.41) is 10.5. The first-order valence-corrected chi connectivity index (χ1v) is 8.30. The summed E-state index contributed by atoms with van der Waals surface area (Å²) in [5.41, 5.74) is -0.203. The highest BCUT2D eigenvalue weighted by atomic mass is 19.4. The van der Waals surface area contributed by atoms with E-state index in [1.165, 1.54) is 6.92 Å². The van der Waals surface area contributed by atoms with E-state index >= 15 is 0 Å². The van der Waals surface area contributed by atoms with Crippen LogP contribution in [0, 0.1) is 0 Å². The second kappa shape index (κ2) is 7.10. The molecule has 26 heavy (non-hydrogen) atoms. The van der Waals surface area contributed by atoms with Gasteiger partial charge in [-0.2, -0.15) is 23.4 Å². The zero-order valence-corrected chi connectivity index (χ0v) is 14.5. The molecule has 2 atom stereocenters. The Balaban J connectivity index is 1.69. The molecular formula is C16H20F3N5O2. The minimum atomic E-state index is -4.54. The summed E-state index contributed by atoms with van der Waals surface area (Å²) in [4.78, 5) is 12.4. The van der Waals surface area contributed by atoms with Gasteiger partial charge in [-0.3, -0.25) is 14.2 Å². The number of aryl methyl sites for hydroxylation is 1. The zero-order chi connectivity index (χ0) is 18.9. The van der Waals surface area contributed by atoms with Gasteiger partial charge in [-0.05, 0) is 25.8 Å². The topological polar surface area (TPSA) is 74.0 Å². The number of aromatic nitrogens is 4. The average molecular weight is 371 g/mol. The largest absolute Gasteiger partial charge is 0.435 e. The van der Waals surface area contributed by atoms with Crippen LogP contribution < -0.4 is 5.32 Å². The van der Waals surface area contributed by atoms with Crippen LogP contribution >= 0.6 is 0 Å². The molecule has 1 aliphatic rings. The van der Waals surface area contributed by atoms with Crippen LogP contribution in [0.1, 0.15) is 43.1 Å². The summed E-state index contributed by atoms with van der Waals surface area (Å²) in [6, 6.07) is 1.71. The van der Waals surface area contributed by atoms with Crippen molar-refractivity contribution in [2.45, 2.75) is 37.9 Å². The van der Waals surface area contributed by atoms with E-state index in [2.05, 4.69) is 15.5 Å². The molecule has 7 nitrogen and oxygen atoms in total. The molecule has 142 valence electrons. The minimum Gasteiger partial charge on any atom is -0.381 e. The number of hydrogen-bond acceptors (Lipinski definition) is 4. The number of amides is 1. The SMILES string of the molecule is CC(C(=O)Nc1cc(C2CCCOC2)nn1C)n1ccc(C(F)(F)F)n1. The predicted octanol–water partition coefficient (Wildman–Crippen LogP) is 2.73. The van der Waals surface area contributed by atoms with Crippen molar-refractivity contribution in [1.82, 2.24) is 19.6 Å². The van der Waals surface area contributed by atoms with Crippen molar-refractivity contribution >= 4 is 11.7 Å². The van der Waals surface area contributed by atoms with Crippen LogP contribution in [0.25, 0.3) is 0 Å². The first-order chi connectivity index (χ1) is 12.3. The molecule has 2 unspecified atom stereocenters. The second-order valence-electron chi connectivity index (χ2n) is 6.34. The average Bonchev–Trinajstić information content (AvgIpc) is 3.22. The number of nitrogens with one attached hydrogen (secondary N) is 1. The highest BCUT2D eigenvalue weighted by Crippen LogP contribution is 2.28. The Labute approximate surface area is 148 Å². The maximum atomic E-state index is 12.6. The molecule has 3 heterocycles. The molecule has 0 saturated carbocycles. The molecule has 3 rings (SSSR count). The number of carbonyl (C=O) groups is 1. The molecule has 1 saturated heterocycles. The summed E-state index contributed by atoms with van der Waals surface area (Å²) in [6.07, 6.45) is -1.48. The number of anilines is 1. The molecule has 1 aliphatic heterocycles. The molecule has 0 spiro atoms. The van der Waals surface area contributed by atoms with Gasteiger partial charge >= 0.3 is 6.18 Å². The molecule has 1 N–H and O–H groups in total. The molecule has 0 bridgehead atoms. The van der Waals surface area contributed by atoms with Gasteiger partial charge in [-0.15, -0.1) is 0 Å². The van der Waals surface area contributed by atoms with E-state index in [4.69, 9.17) is 4.74 Å². The molecule has 2 aromatic rings. The maximum absolute atomic E-state index is 12.6. The van der Waals surface area contributed by atoms with Crippen LogP contribution in [0.4, 0.5) is 19.0 Å². The maximum Gasteiger partial charge on any atom is 0.435 e.